The first-order valence-corrected chi connectivity index (χ1v) is 11.9. The van der Waals surface area contributed by atoms with E-state index in [4.69, 9.17) is 30.9 Å². The summed E-state index contributed by atoms with van der Waals surface area (Å²) in [5.41, 5.74) is 1.13. The summed E-state index contributed by atoms with van der Waals surface area (Å²) < 4.78 is 16.4. The molecule has 180 valence electrons. The van der Waals surface area contributed by atoms with Gasteiger partial charge in [-0.3, -0.25) is 4.79 Å². The molecular formula is C25H37ClO6. The number of aliphatic hydroxyl groups is 2. The van der Waals surface area contributed by atoms with Gasteiger partial charge in [-0.15, -0.1) is 11.6 Å². The molecule has 0 heterocycles. The summed E-state index contributed by atoms with van der Waals surface area (Å²) in [6, 6.07) is 7.95. The number of benzene rings is 1. The van der Waals surface area contributed by atoms with E-state index in [-0.39, 0.29) is 48.9 Å². The van der Waals surface area contributed by atoms with Crippen molar-refractivity contribution in [3.05, 3.63) is 42.0 Å². The molecule has 1 saturated carbocycles. The van der Waals surface area contributed by atoms with Crippen LogP contribution in [-0.4, -0.2) is 54.6 Å². The third-order valence-corrected chi connectivity index (χ3v) is 6.45. The number of carbonyl (C=O) groups excluding carboxylic acids is 1. The Labute approximate surface area is 196 Å². The van der Waals surface area contributed by atoms with Gasteiger partial charge in [0.25, 0.3) is 0 Å². The van der Waals surface area contributed by atoms with Crippen LogP contribution in [0.3, 0.4) is 0 Å². The van der Waals surface area contributed by atoms with Crippen molar-refractivity contribution in [2.45, 2.75) is 63.0 Å². The van der Waals surface area contributed by atoms with E-state index in [9.17, 15) is 9.90 Å². The highest BCUT2D eigenvalue weighted by Crippen LogP contribution is 2.39. The van der Waals surface area contributed by atoms with E-state index < -0.39 is 6.10 Å². The Morgan fingerprint density at radius 1 is 1.25 bits per heavy atom. The number of alkyl halides is 1. The molecule has 0 aliphatic heterocycles. The van der Waals surface area contributed by atoms with Crippen molar-refractivity contribution in [1.82, 2.24) is 0 Å². The topological polar surface area (TPSA) is 85.2 Å². The normalized spacial score (nSPS) is 24.0. The van der Waals surface area contributed by atoms with Gasteiger partial charge in [0.2, 0.25) is 0 Å². The largest absolute Gasteiger partial charge is 0.493 e. The SMILES string of the molecule is CCCC(OC)c1ccc(OC[C@@H]2[C@@H](C/C=C\CCC(=O)OCCO)[C@H](Cl)C[C@H]2O)cc1. The number of esters is 1. The predicted molar refractivity (Wildman–Crippen MR) is 125 cm³/mol. The minimum absolute atomic E-state index is 0.0343. The Bertz CT molecular complexity index is 692. The standard InChI is InChI=1S/C25H37ClO6/c1-3-7-24(30-2)18-10-12-19(13-11-18)32-17-21-20(22(26)16-23(21)28)8-5-4-6-9-25(29)31-15-14-27/h4-5,10-13,20-24,27-28H,3,6-9,14-17H2,1-2H3/b5-4-/t20-,21-,22-,23-,24?/m1/s1. The van der Waals surface area contributed by atoms with E-state index in [0.29, 0.717) is 19.4 Å². The maximum atomic E-state index is 11.5. The van der Waals surface area contributed by atoms with Crippen molar-refractivity contribution in [2.75, 3.05) is 26.9 Å². The number of aliphatic hydroxyl groups excluding tert-OH is 2. The summed E-state index contributed by atoms with van der Waals surface area (Å²) in [4.78, 5) is 11.5. The number of hydrogen-bond donors (Lipinski definition) is 2. The predicted octanol–water partition coefficient (Wildman–Crippen LogP) is 4.42. The highest BCUT2D eigenvalue weighted by Gasteiger charge is 2.41. The van der Waals surface area contributed by atoms with Gasteiger partial charge in [0, 0.05) is 24.8 Å². The number of methoxy groups -OCH3 is 1. The van der Waals surface area contributed by atoms with Gasteiger partial charge in [-0.2, -0.15) is 0 Å². The summed E-state index contributed by atoms with van der Waals surface area (Å²) in [7, 11) is 1.73. The quantitative estimate of drug-likeness (QED) is 0.239. The number of halogens is 1. The minimum atomic E-state index is -0.494. The van der Waals surface area contributed by atoms with Crippen LogP contribution < -0.4 is 4.74 Å². The maximum Gasteiger partial charge on any atom is 0.306 e. The molecule has 1 unspecified atom stereocenters. The first-order chi connectivity index (χ1) is 15.5. The van der Waals surface area contributed by atoms with Crippen LogP contribution in [0.5, 0.6) is 5.75 Å². The van der Waals surface area contributed by atoms with Gasteiger partial charge in [-0.05, 0) is 49.3 Å². The van der Waals surface area contributed by atoms with Gasteiger partial charge in [-0.1, -0.05) is 37.6 Å². The zero-order valence-corrected chi connectivity index (χ0v) is 19.9. The molecule has 6 nitrogen and oxygen atoms in total. The first-order valence-electron chi connectivity index (χ1n) is 11.5. The molecule has 1 aromatic rings. The fourth-order valence-electron chi connectivity index (χ4n) is 4.15. The van der Waals surface area contributed by atoms with Crippen molar-refractivity contribution in [2.24, 2.45) is 11.8 Å². The molecule has 2 rings (SSSR count). The van der Waals surface area contributed by atoms with E-state index in [2.05, 4.69) is 6.92 Å². The fourth-order valence-corrected chi connectivity index (χ4v) is 4.62. The molecule has 32 heavy (non-hydrogen) atoms. The van der Waals surface area contributed by atoms with E-state index in [0.717, 1.165) is 30.6 Å². The van der Waals surface area contributed by atoms with Crippen LogP contribution in [0.15, 0.2) is 36.4 Å². The van der Waals surface area contributed by atoms with Gasteiger partial charge in [0.05, 0.1) is 25.4 Å². The lowest BCUT2D eigenvalue weighted by molar-refractivity contribution is -0.144. The Kier molecular flexibility index (Phi) is 12.1. The van der Waals surface area contributed by atoms with Crippen LogP contribution in [0.25, 0.3) is 0 Å². The molecule has 0 aromatic heterocycles. The second-order valence-corrected chi connectivity index (χ2v) is 8.79. The third-order valence-electron chi connectivity index (χ3n) is 5.95. The average Bonchev–Trinajstić information content (AvgIpc) is 3.06. The average molecular weight is 469 g/mol. The van der Waals surface area contributed by atoms with E-state index in [1.54, 1.807) is 7.11 Å². The van der Waals surface area contributed by atoms with Crippen molar-refractivity contribution in [3.8, 4) is 5.75 Å². The van der Waals surface area contributed by atoms with Crippen LogP contribution in [0.1, 0.15) is 57.1 Å². The lowest BCUT2D eigenvalue weighted by Gasteiger charge is -2.23. The second kappa shape index (κ2) is 14.5. The molecule has 1 fully saturated rings. The van der Waals surface area contributed by atoms with Crippen molar-refractivity contribution in [1.29, 1.82) is 0 Å². The first kappa shape index (κ1) is 26.7. The number of hydrogen-bond acceptors (Lipinski definition) is 6. The smallest absolute Gasteiger partial charge is 0.306 e. The second-order valence-electron chi connectivity index (χ2n) is 8.23. The molecular weight excluding hydrogens is 432 g/mol. The van der Waals surface area contributed by atoms with Crippen LogP contribution in [0, 0.1) is 11.8 Å². The van der Waals surface area contributed by atoms with Gasteiger partial charge in [0.1, 0.15) is 12.4 Å². The van der Waals surface area contributed by atoms with Gasteiger partial charge >= 0.3 is 5.97 Å². The van der Waals surface area contributed by atoms with Gasteiger partial charge in [-0.25, -0.2) is 0 Å². The number of carbonyl (C=O) groups is 1. The number of rotatable bonds is 14. The van der Waals surface area contributed by atoms with Crippen molar-refractivity contribution >= 4 is 17.6 Å². The van der Waals surface area contributed by atoms with Gasteiger partial charge in [0.15, 0.2) is 0 Å². The molecule has 1 aliphatic carbocycles. The monoisotopic (exact) mass is 468 g/mol. The molecule has 1 aromatic carbocycles. The lowest BCUT2D eigenvalue weighted by Crippen LogP contribution is -2.27. The molecule has 2 N–H and O–H groups in total. The van der Waals surface area contributed by atoms with E-state index in [1.807, 2.05) is 36.4 Å². The Balaban J connectivity index is 1.84. The van der Waals surface area contributed by atoms with Gasteiger partial charge < -0.3 is 24.4 Å². The summed E-state index contributed by atoms with van der Waals surface area (Å²) in [6.45, 7) is 2.41. The summed E-state index contributed by atoms with van der Waals surface area (Å²) in [5.74, 6) is 0.495. The summed E-state index contributed by atoms with van der Waals surface area (Å²) >= 11 is 6.51. The van der Waals surface area contributed by atoms with Crippen LogP contribution in [0.4, 0.5) is 0 Å². The van der Waals surface area contributed by atoms with E-state index >= 15 is 0 Å². The van der Waals surface area contributed by atoms with Crippen molar-refractivity contribution in [3.63, 3.8) is 0 Å². The van der Waals surface area contributed by atoms with Crippen LogP contribution in [0.2, 0.25) is 0 Å². The Morgan fingerprint density at radius 2 is 2.00 bits per heavy atom. The van der Waals surface area contributed by atoms with Crippen LogP contribution in [-0.2, 0) is 14.3 Å². The van der Waals surface area contributed by atoms with E-state index in [1.165, 1.54) is 0 Å². The highest BCUT2D eigenvalue weighted by atomic mass is 35.5. The molecule has 1 aliphatic rings. The Hall–Kier alpha value is -1.60. The molecule has 0 bridgehead atoms. The maximum absolute atomic E-state index is 11.5. The Morgan fingerprint density at radius 3 is 2.66 bits per heavy atom. The lowest BCUT2D eigenvalue weighted by atomic mass is 9.92. The number of allylic oxidation sites excluding steroid dienone is 2. The zero-order chi connectivity index (χ0) is 23.3. The molecule has 7 heteroatoms. The minimum Gasteiger partial charge on any atom is -0.493 e. The zero-order valence-electron chi connectivity index (χ0n) is 19.1. The molecule has 0 saturated heterocycles. The third kappa shape index (κ3) is 8.39. The highest BCUT2D eigenvalue weighted by molar-refractivity contribution is 6.21. The fraction of sp³-hybridized carbons (Fsp3) is 0.640. The number of ether oxygens (including phenoxy) is 3. The van der Waals surface area contributed by atoms with Crippen LogP contribution >= 0.6 is 11.6 Å². The van der Waals surface area contributed by atoms with Crippen molar-refractivity contribution < 1.29 is 29.2 Å². The summed E-state index contributed by atoms with van der Waals surface area (Å²) in [6.07, 6.45) is 7.69. The molecule has 5 atom stereocenters. The molecule has 0 spiro atoms. The molecule has 0 radical (unpaired) electrons. The summed E-state index contributed by atoms with van der Waals surface area (Å²) in [5, 5.41) is 19.0. The molecule has 0 amide bonds.